The minimum Gasteiger partial charge on any atom is -0.371 e. The quantitative estimate of drug-likeness (QED) is 0.676. The summed E-state index contributed by atoms with van der Waals surface area (Å²) in [6.45, 7) is 5.84. The van der Waals surface area contributed by atoms with Gasteiger partial charge in [0.25, 0.3) is 0 Å². The van der Waals surface area contributed by atoms with Crippen molar-refractivity contribution < 1.29 is 9.53 Å². The monoisotopic (exact) mass is 265 g/mol. The Morgan fingerprint density at radius 2 is 2.44 bits per heavy atom. The van der Waals surface area contributed by atoms with E-state index in [0.29, 0.717) is 19.0 Å². The molecular weight excluding hydrogens is 246 g/mol. The van der Waals surface area contributed by atoms with Crippen LogP contribution in [0.2, 0.25) is 0 Å². The molecule has 0 spiro atoms. The van der Waals surface area contributed by atoms with Crippen LogP contribution in [0.25, 0.3) is 0 Å². The van der Waals surface area contributed by atoms with Gasteiger partial charge in [0.15, 0.2) is 0 Å². The van der Waals surface area contributed by atoms with Crippen molar-refractivity contribution in [1.29, 1.82) is 0 Å². The number of carbonyl (C=O) groups is 1. The van der Waals surface area contributed by atoms with E-state index in [4.69, 9.17) is 4.74 Å². The first-order valence-corrected chi connectivity index (χ1v) is 7.16. The third kappa shape index (κ3) is 4.27. The first kappa shape index (κ1) is 13.3. The number of thiophene rings is 1. The number of ether oxygens (including phenoxy) is 1. The third-order valence-electron chi connectivity index (χ3n) is 2.91. The maximum Gasteiger partial charge on any atom is 0.249 e. The lowest BCUT2D eigenvalue weighted by atomic mass is 10.4. The molecule has 3 nitrogen and oxygen atoms in total. The lowest BCUT2D eigenvalue weighted by molar-refractivity contribution is -0.136. The molecule has 1 saturated carbocycles. The predicted molar refractivity (Wildman–Crippen MR) is 73.5 cm³/mol. The molecule has 1 fully saturated rings. The minimum atomic E-state index is 0.0453. The average molecular weight is 265 g/mol. The minimum absolute atomic E-state index is 0.0453. The molecule has 1 amide bonds. The topological polar surface area (TPSA) is 29.5 Å². The van der Waals surface area contributed by atoms with Crippen LogP contribution in [0.4, 0.5) is 0 Å². The van der Waals surface area contributed by atoms with Crippen molar-refractivity contribution in [2.24, 2.45) is 5.92 Å². The molecular formula is C14H19NO2S. The molecule has 0 saturated heterocycles. The Labute approximate surface area is 112 Å². The fraction of sp³-hybridized carbons (Fsp3) is 0.500. The van der Waals surface area contributed by atoms with Gasteiger partial charge in [0.2, 0.25) is 5.91 Å². The van der Waals surface area contributed by atoms with Crippen LogP contribution < -0.4 is 0 Å². The van der Waals surface area contributed by atoms with Gasteiger partial charge in [0, 0.05) is 11.4 Å². The summed E-state index contributed by atoms with van der Waals surface area (Å²) >= 11 is 1.66. The van der Waals surface area contributed by atoms with Crippen LogP contribution in [0.3, 0.4) is 0 Å². The zero-order chi connectivity index (χ0) is 12.8. The average Bonchev–Trinajstić information content (AvgIpc) is 3.04. The van der Waals surface area contributed by atoms with Crippen LogP contribution in [0.15, 0.2) is 30.2 Å². The predicted octanol–water partition coefficient (Wildman–Crippen LogP) is 2.69. The van der Waals surface area contributed by atoms with E-state index in [0.717, 1.165) is 6.61 Å². The van der Waals surface area contributed by atoms with Gasteiger partial charge in [-0.3, -0.25) is 4.79 Å². The van der Waals surface area contributed by atoms with Crippen molar-refractivity contribution in [3.8, 4) is 0 Å². The summed E-state index contributed by atoms with van der Waals surface area (Å²) in [6.07, 6.45) is 4.26. The van der Waals surface area contributed by atoms with Crippen LogP contribution >= 0.6 is 11.3 Å². The van der Waals surface area contributed by atoms with E-state index in [9.17, 15) is 4.79 Å². The molecule has 0 aromatic carbocycles. The van der Waals surface area contributed by atoms with Crippen LogP contribution in [-0.4, -0.2) is 30.6 Å². The number of nitrogens with zero attached hydrogens (tertiary/aromatic N) is 1. The SMILES string of the molecule is C=CCN(Cc1cccs1)C(=O)COCC1CC1. The van der Waals surface area contributed by atoms with Gasteiger partial charge < -0.3 is 9.64 Å². The lowest BCUT2D eigenvalue weighted by Gasteiger charge is -2.20. The van der Waals surface area contributed by atoms with Crippen molar-refractivity contribution in [1.82, 2.24) is 4.90 Å². The summed E-state index contributed by atoms with van der Waals surface area (Å²) in [7, 11) is 0. The molecule has 98 valence electrons. The molecule has 2 rings (SSSR count). The lowest BCUT2D eigenvalue weighted by Crippen LogP contribution is -2.33. The van der Waals surface area contributed by atoms with Gasteiger partial charge in [-0.25, -0.2) is 0 Å². The standard InChI is InChI=1S/C14H19NO2S/c1-2-7-15(9-13-4-3-8-18-13)14(16)11-17-10-12-5-6-12/h2-4,8,12H,1,5-7,9-11H2. The Balaban J connectivity index is 1.78. The van der Waals surface area contributed by atoms with E-state index in [1.54, 1.807) is 22.3 Å². The van der Waals surface area contributed by atoms with E-state index in [1.807, 2.05) is 17.5 Å². The Morgan fingerprint density at radius 3 is 3.06 bits per heavy atom. The summed E-state index contributed by atoms with van der Waals surface area (Å²) in [6, 6.07) is 4.04. The molecule has 1 aliphatic rings. The summed E-state index contributed by atoms with van der Waals surface area (Å²) in [5.74, 6) is 0.743. The fourth-order valence-electron chi connectivity index (χ4n) is 1.69. The highest BCUT2D eigenvalue weighted by Gasteiger charge is 2.22. The van der Waals surface area contributed by atoms with E-state index in [2.05, 4.69) is 6.58 Å². The fourth-order valence-corrected chi connectivity index (χ4v) is 2.41. The highest BCUT2D eigenvalue weighted by molar-refractivity contribution is 7.09. The Kier molecular flexibility index (Phi) is 4.96. The van der Waals surface area contributed by atoms with Crippen molar-refractivity contribution in [3.63, 3.8) is 0 Å². The Hall–Kier alpha value is -1.13. The number of hydrogen-bond acceptors (Lipinski definition) is 3. The molecule has 1 heterocycles. The van der Waals surface area contributed by atoms with Gasteiger partial charge in [-0.1, -0.05) is 12.1 Å². The van der Waals surface area contributed by atoms with Crippen LogP contribution in [0, 0.1) is 5.92 Å². The van der Waals surface area contributed by atoms with Crippen LogP contribution in [0.5, 0.6) is 0 Å². The number of hydrogen-bond donors (Lipinski definition) is 0. The summed E-state index contributed by atoms with van der Waals surface area (Å²) in [5, 5.41) is 2.02. The third-order valence-corrected chi connectivity index (χ3v) is 3.77. The second-order valence-corrected chi connectivity index (χ2v) is 5.63. The summed E-state index contributed by atoms with van der Waals surface area (Å²) in [5.41, 5.74) is 0. The largest absolute Gasteiger partial charge is 0.371 e. The van der Waals surface area contributed by atoms with Gasteiger partial charge in [-0.15, -0.1) is 17.9 Å². The molecule has 0 atom stereocenters. The second kappa shape index (κ2) is 6.71. The van der Waals surface area contributed by atoms with Gasteiger partial charge in [0.05, 0.1) is 13.2 Å². The van der Waals surface area contributed by atoms with Gasteiger partial charge in [-0.2, -0.15) is 0 Å². The highest BCUT2D eigenvalue weighted by atomic mass is 32.1. The molecule has 1 aromatic heterocycles. The van der Waals surface area contributed by atoms with Crippen molar-refractivity contribution in [2.75, 3.05) is 19.8 Å². The number of rotatable bonds is 8. The molecule has 0 unspecified atom stereocenters. The maximum absolute atomic E-state index is 12.0. The van der Waals surface area contributed by atoms with Crippen molar-refractivity contribution >= 4 is 17.2 Å². The molecule has 0 radical (unpaired) electrons. The van der Waals surface area contributed by atoms with Gasteiger partial charge in [0.1, 0.15) is 6.61 Å². The van der Waals surface area contributed by atoms with Crippen molar-refractivity contribution in [3.05, 3.63) is 35.0 Å². The summed E-state index contributed by atoms with van der Waals surface area (Å²) in [4.78, 5) is 15.0. The first-order chi connectivity index (χ1) is 8.79. The van der Waals surface area contributed by atoms with E-state index >= 15 is 0 Å². The van der Waals surface area contributed by atoms with E-state index < -0.39 is 0 Å². The molecule has 1 aliphatic carbocycles. The number of amides is 1. The Bertz CT molecular complexity index is 385. The van der Waals surface area contributed by atoms with Gasteiger partial charge >= 0.3 is 0 Å². The van der Waals surface area contributed by atoms with Gasteiger partial charge in [-0.05, 0) is 30.2 Å². The molecule has 4 heteroatoms. The highest BCUT2D eigenvalue weighted by Crippen LogP contribution is 2.28. The summed E-state index contributed by atoms with van der Waals surface area (Å²) < 4.78 is 5.44. The van der Waals surface area contributed by atoms with E-state index in [1.165, 1.54) is 17.7 Å². The first-order valence-electron chi connectivity index (χ1n) is 6.28. The number of carbonyl (C=O) groups excluding carboxylic acids is 1. The molecule has 0 N–H and O–H groups in total. The zero-order valence-corrected chi connectivity index (χ0v) is 11.3. The smallest absolute Gasteiger partial charge is 0.249 e. The maximum atomic E-state index is 12.0. The molecule has 0 bridgehead atoms. The molecule has 0 aliphatic heterocycles. The normalized spacial score (nSPS) is 14.4. The van der Waals surface area contributed by atoms with Crippen LogP contribution in [-0.2, 0) is 16.1 Å². The zero-order valence-electron chi connectivity index (χ0n) is 10.5. The van der Waals surface area contributed by atoms with Crippen molar-refractivity contribution in [2.45, 2.75) is 19.4 Å². The van der Waals surface area contributed by atoms with E-state index in [-0.39, 0.29) is 12.5 Å². The second-order valence-electron chi connectivity index (χ2n) is 4.60. The van der Waals surface area contributed by atoms with Crippen LogP contribution in [0.1, 0.15) is 17.7 Å². The molecule has 18 heavy (non-hydrogen) atoms. The molecule has 1 aromatic rings. The Morgan fingerprint density at radius 1 is 1.61 bits per heavy atom.